The molecule has 106 valence electrons. The lowest BCUT2D eigenvalue weighted by molar-refractivity contribution is -0.118. The van der Waals surface area contributed by atoms with E-state index in [4.69, 9.17) is 10.00 Å². The number of benzene rings is 2. The molecule has 0 heterocycles. The Morgan fingerprint density at radius 3 is 2.62 bits per heavy atom. The van der Waals surface area contributed by atoms with Crippen LogP contribution in [0.4, 0.5) is 5.69 Å². The smallest absolute Gasteiger partial charge is 0.262 e. The van der Waals surface area contributed by atoms with Crippen molar-refractivity contribution in [1.82, 2.24) is 0 Å². The quantitative estimate of drug-likeness (QED) is 0.920. The van der Waals surface area contributed by atoms with Crippen molar-refractivity contribution in [3.63, 3.8) is 0 Å². The fourth-order valence-electron chi connectivity index (χ4n) is 1.64. The van der Waals surface area contributed by atoms with E-state index in [1.54, 1.807) is 24.3 Å². The first-order valence-corrected chi connectivity index (χ1v) is 7.07. The lowest BCUT2D eigenvalue weighted by Gasteiger charge is -2.08. The van der Waals surface area contributed by atoms with Gasteiger partial charge in [0.1, 0.15) is 5.75 Å². The number of nitrogens with one attached hydrogen (secondary N) is 1. The number of carbonyl (C=O) groups excluding carboxylic acids is 1. The van der Waals surface area contributed by atoms with E-state index in [2.05, 4.69) is 21.2 Å². The molecule has 1 N–H and O–H groups in total. The van der Waals surface area contributed by atoms with Gasteiger partial charge in [-0.05, 0) is 48.9 Å². The Morgan fingerprint density at radius 1 is 1.29 bits per heavy atom. The molecule has 2 aromatic rings. The van der Waals surface area contributed by atoms with Crippen molar-refractivity contribution >= 4 is 27.5 Å². The monoisotopic (exact) mass is 344 g/mol. The van der Waals surface area contributed by atoms with E-state index >= 15 is 0 Å². The fraction of sp³-hybridized carbons (Fsp3) is 0.125. The molecular weight excluding hydrogens is 332 g/mol. The van der Waals surface area contributed by atoms with Gasteiger partial charge in [-0.3, -0.25) is 4.79 Å². The number of aryl methyl sites for hydroxylation is 1. The van der Waals surface area contributed by atoms with Crippen LogP contribution in [0.1, 0.15) is 11.1 Å². The SMILES string of the molecule is Cc1ccc(NC(=O)COc2ccc(C#N)cc2)cc1Br. The summed E-state index contributed by atoms with van der Waals surface area (Å²) in [6, 6.07) is 14.2. The van der Waals surface area contributed by atoms with Crippen molar-refractivity contribution in [2.24, 2.45) is 0 Å². The molecule has 0 aliphatic carbocycles. The van der Waals surface area contributed by atoms with E-state index < -0.39 is 0 Å². The van der Waals surface area contributed by atoms with Gasteiger partial charge in [0.15, 0.2) is 6.61 Å². The van der Waals surface area contributed by atoms with Gasteiger partial charge in [0.25, 0.3) is 5.91 Å². The minimum atomic E-state index is -0.241. The second kappa shape index (κ2) is 6.91. The Labute approximate surface area is 131 Å². The molecule has 0 spiro atoms. The van der Waals surface area contributed by atoms with Gasteiger partial charge in [0, 0.05) is 10.2 Å². The molecule has 5 heteroatoms. The van der Waals surface area contributed by atoms with Crippen molar-refractivity contribution < 1.29 is 9.53 Å². The minimum Gasteiger partial charge on any atom is -0.484 e. The van der Waals surface area contributed by atoms with Crippen LogP contribution < -0.4 is 10.1 Å². The summed E-state index contributed by atoms with van der Waals surface area (Å²) in [4.78, 5) is 11.8. The van der Waals surface area contributed by atoms with E-state index in [0.29, 0.717) is 17.0 Å². The Hall–Kier alpha value is -2.32. The van der Waals surface area contributed by atoms with E-state index in [0.717, 1.165) is 10.0 Å². The molecule has 0 fully saturated rings. The summed E-state index contributed by atoms with van der Waals surface area (Å²) in [6.45, 7) is 1.89. The van der Waals surface area contributed by atoms with Gasteiger partial charge in [-0.25, -0.2) is 0 Å². The number of nitriles is 1. The number of anilines is 1. The van der Waals surface area contributed by atoms with E-state index in [9.17, 15) is 4.79 Å². The Kier molecular flexibility index (Phi) is 4.96. The van der Waals surface area contributed by atoms with Crippen LogP contribution in [0.25, 0.3) is 0 Å². The number of rotatable bonds is 4. The number of nitrogens with zero attached hydrogens (tertiary/aromatic N) is 1. The zero-order valence-electron chi connectivity index (χ0n) is 11.4. The predicted molar refractivity (Wildman–Crippen MR) is 84.2 cm³/mol. The molecule has 1 amide bonds. The van der Waals surface area contributed by atoms with E-state index in [1.807, 2.05) is 31.2 Å². The summed E-state index contributed by atoms with van der Waals surface area (Å²) >= 11 is 3.42. The van der Waals surface area contributed by atoms with Crippen molar-refractivity contribution in [2.45, 2.75) is 6.92 Å². The fourth-order valence-corrected chi connectivity index (χ4v) is 2.02. The molecule has 0 radical (unpaired) electrons. The number of amides is 1. The van der Waals surface area contributed by atoms with E-state index in [1.165, 1.54) is 0 Å². The lowest BCUT2D eigenvalue weighted by Crippen LogP contribution is -2.20. The van der Waals surface area contributed by atoms with Gasteiger partial charge in [-0.15, -0.1) is 0 Å². The van der Waals surface area contributed by atoms with Crippen molar-refractivity contribution in [2.75, 3.05) is 11.9 Å². The molecule has 2 rings (SSSR count). The first kappa shape index (κ1) is 15.1. The summed E-state index contributed by atoms with van der Waals surface area (Å²) in [5.74, 6) is 0.310. The third-order valence-corrected chi connectivity index (χ3v) is 3.66. The molecule has 0 aromatic heterocycles. The van der Waals surface area contributed by atoms with Crippen LogP contribution in [0.5, 0.6) is 5.75 Å². The standard InChI is InChI=1S/C16H13BrN2O2/c1-11-2-5-13(8-15(11)17)19-16(20)10-21-14-6-3-12(9-18)4-7-14/h2-8H,10H2,1H3,(H,19,20). The number of hydrogen-bond acceptors (Lipinski definition) is 3. The zero-order chi connectivity index (χ0) is 15.2. The van der Waals surface area contributed by atoms with Gasteiger partial charge in [0.05, 0.1) is 11.6 Å². The highest BCUT2D eigenvalue weighted by atomic mass is 79.9. The summed E-state index contributed by atoms with van der Waals surface area (Å²) in [7, 11) is 0. The third kappa shape index (κ3) is 4.33. The van der Waals surface area contributed by atoms with Gasteiger partial charge in [-0.1, -0.05) is 22.0 Å². The summed E-state index contributed by atoms with van der Waals surface area (Å²) in [5, 5.41) is 11.5. The zero-order valence-corrected chi connectivity index (χ0v) is 13.0. The molecular formula is C16H13BrN2O2. The number of carbonyl (C=O) groups is 1. The van der Waals surface area contributed by atoms with Crippen LogP contribution in [0, 0.1) is 18.3 Å². The maximum Gasteiger partial charge on any atom is 0.262 e. The second-order valence-electron chi connectivity index (χ2n) is 4.44. The first-order valence-electron chi connectivity index (χ1n) is 6.27. The second-order valence-corrected chi connectivity index (χ2v) is 5.29. The van der Waals surface area contributed by atoms with Crippen molar-refractivity contribution in [1.29, 1.82) is 5.26 Å². The molecule has 0 unspecified atom stereocenters. The van der Waals surface area contributed by atoms with Gasteiger partial charge in [0.2, 0.25) is 0 Å². The van der Waals surface area contributed by atoms with Crippen LogP contribution in [0.15, 0.2) is 46.9 Å². The normalized spacial score (nSPS) is 9.76. The molecule has 0 atom stereocenters. The van der Waals surface area contributed by atoms with Crippen molar-refractivity contribution in [3.8, 4) is 11.8 Å². The molecule has 0 aliphatic rings. The summed E-state index contributed by atoms with van der Waals surface area (Å²) in [6.07, 6.45) is 0. The van der Waals surface area contributed by atoms with Crippen LogP contribution in [0.2, 0.25) is 0 Å². The molecule has 21 heavy (non-hydrogen) atoms. The minimum absolute atomic E-state index is 0.0859. The summed E-state index contributed by atoms with van der Waals surface area (Å²) in [5.41, 5.74) is 2.36. The topological polar surface area (TPSA) is 62.1 Å². The average Bonchev–Trinajstić information content (AvgIpc) is 2.49. The number of hydrogen-bond donors (Lipinski definition) is 1. The highest BCUT2D eigenvalue weighted by Gasteiger charge is 2.05. The van der Waals surface area contributed by atoms with Crippen LogP contribution >= 0.6 is 15.9 Å². The molecule has 2 aromatic carbocycles. The van der Waals surface area contributed by atoms with Gasteiger partial charge in [-0.2, -0.15) is 5.26 Å². The largest absolute Gasteiger partial charge is 0.484 e. The third-order valence-electron chi connectivity index (χ3n) is 2.81. The molecule has 0 saturated carbocycles. The van der Waals surface area contributed by atoms with Crippen LogP contribution in [0.3, 0.4) is 0 Å². The molecule has 0 saturated heterocycles. The maximum absolute atomic E-state index is 11.8. The predicted octanol–water partition coefficient (Wildman–Crippen LogP) is 3.65. The molecule has 4 nitrogen and oxygen atoms in total. The molecule has 0 bridgehead atoms. The van der Waals surface area contributed by atoms with E-state index in [-0.39, 0.29) is 12.5 Å². The highest BCUT2D eigenvalue weighted by Crippen LogP contribution is 2.20. The van der Waals surface area contributed by atoms with Gasteiger partial charge >= 0.3 is 0 Å². The highest BCUT2D eigenvalue weighted by molar-refractivity contribution is 9.10. The van der Waals surface area contributed by atoms with Crippen molar-refractivity contribution in [3.05, 3.63) is 58.1 Å². The average molecular weight is 345 g/mol. The molecule has 0 aliphatic heterocycles. The first-order chi connectivity index (χ1) is 10.1. The van der Waals surface area contributed by atoms with Crippen LogP contribution in [-0.4, -0.2) is 12.5 Å². The lowest BCUT2D eigenvalue weighted by atomic mass is 10.2. The maximum atomic E-state index is 11.8. The Balaban J connectivity index is 1.89. The Bertz CT molecular complexity index is 690. The Morgan fingerprint density at radius 2 is 2.00 bits per heavy atom. The number of ether oxygens (including phenoxy) is 1. The van der Waals surface area contributed by atoms with Crippen LogP contribution in [-0.2, 0) is 4.79 Å². The summed E-state index contributed by atoms with van der Waals surface area (Å²) < 4.78 is 6.30. The van der Waals surface area contributed by atoms with Gasteiger partial charge < -0.3 is 10.1 Å². The number of halogens is 1.